The Labute approximate surface area is 160 Å². The average molecular weight is 373 g/mol. The second-order valence-electron chi connectivity index (χ2n) is 7.55. The highest BCUT2D eigenvalue weighted by atomic mass is 19.1. The first-order valence-electron chi connectivity index (χ1n) is 9.71. The number of halogens is 1. The second-order valence-corrected chi connectivity index (χ2v) is 7.55. The summed E-state index contributed by atoms with van der Waals surface area (Å²) in [6, 6.07) is 8.65. The van der Waals surface area contributed by atoms with Crippen LogP contribution in [0.25, 0.3) is 0 Å². The fourth-order valence-electron chi connectivity index (χ4n) is 3.64. The molecule has 0 saturated carbocycles. The van der Waals surface area contributed by atoms with Gasteiger partial charge in [-0.05, 0) is 36.5 Å². The van der Waals surface area contributed by atoms with Gasteiger partial charge in [-0.15, -0.1) is 0 Å². The van der Waals surface area contributed by atoms with Crippen molar-refractivity contribution >= 4 is 5.91 Å². The van der Waals surface area contributed by atoms with E-state index in [1.54, 1.807) is 6.07 Å². The first-order chi connectivity index (χ1) is 13.0. The van der Waals surface area contributed by atoms with Crippen molar-refractivity contribution in [3.8, 4) is 0 Å². The Balaban J connectivity index is 1.74. The van der Waals surface area contributed by atoms with E-state index in [4.69, 9.17) is 4.52 Å². The highest BCUT2D eigenvalue weighted by Crippen LogP contribution is 2.21. The molecule has 27 heavy (non-hydrogen) atoms. The summed E-state index contributed by atoms with van der Waals surface area (Å²) in [4.78, 5) is 17.2. The summed E-state index contributed by atoms with van der Waals surface area (Å²) >= 11 is 0. The third kappa shape index (κ3) is 4.75. The van der Waals surface area contributed by atoms with Crippen LogP contribution in [0.1, 0.15) is 49.0 Å². The lowest BCUT2D eigenvalue weighted by atomic mass is 10.0. The third-order valence-corrected chi connectivity index (χ3v) is 5.24. The second kappa shape index (κ2) is 8.65. The number of rotatable bonds is 5. The maximum atomic E-state index is 13.2. The topological polar surface area (TPSA) is 49.6 Å². The van der Waals surface area contributed by atoms with Crippen molar-refractivity contribution in [3.05, 3.63) is 53.2 Å². The quantitative estimate of drug-likeness (QED) is 0.801. The summed E-state index contributed by atoms with van der Waals surface area (Å²) in [5.74, 6) is 0.405. The molecule has 1 atom stereocenters. The molecule has 0 radical (unpaired) electrons. The standard InChI is InChI=1S/C21H28FN3O2/c1-4-18-12-20(27-23-18)21(26)25-11-5-10-24(19(14-25)15(2)3)13-16-6-8-17(22)9-7-16/h6-9,12,15,19H,4-5,10-11,13-14H2,1-3H3/t19-/m1/s1. The predicted octanol–water partition coefficient (Wildman–Crippen LogP) is 3.75. The van der Waals surface area contributed by atoms with E-state index in [2.05, 4.69) is 23.9 Å². The van der Waals surface area contributed by atoms with Gasteiger partial charge in [0.2, 0.25) is 5.76 Å². The van der Waals surface area contributed by atoms with Gasteiger partial charge in [0.15, 0.2) is 0 Å². The molecule has 1 aliphatic rings. The molecule has 1 aromatic carbocycles. The Morgan fingerprint density at radius 2 is 2.04 bits per heavy atom. The van der Waals surface area contributed by atoms with Gasteiger partial charge < -0.3 is 9.42 Å². The van der Waals surface area contributed by atoms with Crippen molar-refractivity contribution in [2.75, 3.05) is 19.6 Å². The maximum absolute atomic E-state index is 13.2. The molecule has 3 rings (SSSR count). The van der Waals surface area contributed by atoms with Gasteiger partial charge in [0.1, 0.15) is 5.82 Å². The molecule has 0 N–H and O–H groups in total. The summed E-state index contributed by atoms with van der Waals surface area (Å²) in [5.41, 5.74) is 1.89. The Morgan fingerprint density at radius 1 is 1.30 bits per heavy atom. The fraction of sp³-hybridized carbons (Fsp3) is 0.524. The molecule has 1 saturated heterocycles. The summed E-state index contributed by atoms with van der Waals surface area (Å²) in [7, 11) is 0. The molecule has 0 aliphatic carbocycles. The molecule has 1 fully saturated rings. The minimum absolute atomic E-state index is 0.0866. The zero-order valence-electron chi connectivity index (χ0n) is 16.3. The van der Waals surface area contributed by atoms with E-state index < -0.39 is 0 Å². The molecule has 1 aliphatic heterocycles. The lowest BCUT2D eigenvalue weighted by Crippen LogP contribution is -2.45. The molecule has 146 valence electrons. The molecular formula is C21H28FN3O2. The Morgan fingerprint density at radius 3 is 2.67 bits per heavy atom. The van der Waals surface area contributed by atoms with Crippen LogP contribution in [-0.2, 0) is 13.0 Å². The number of carbonyl (C=O) groups excluding carboxylic acids is 1. The third-order valence-electron chi connectivity index (χ3n) is 5.24. The Hall–Kier alpha value is -2.21. The van der Waals surface area contributed by atoms with E-state index in [-0.39, 0.29) is 17.8 Å². The highest BCUT2D eigenvalue weighted by Gasteiger charge is 2.31. The predicted molar refractivity (Wildman–Crippen MR) is 102 cm³/mol. The first kappa shape index (κ1) is 19.5. The van der Waals surface area contributed by atoms with E-state index in [0.29, 0.717) is 24.8 Å². The van der Waals surface area contributed by atoms with Crippen molar-refractivity contribution in [1.82, 2.24) is 15.0 Å². The van der Waals surface area contributed by atoms with E-state index in [9.17, 15) is 9.18 Å². The minimum Gasteiger partial charge on any atom is -0.351 e. The largest absolute Gasteiger partial charge is 0.351 e. The molecule has 1 amide bonds. The highest BCUT2D eigenvalue weighted by molar-refractivity contribution is 5.91. The number of carbonyl (C=O) groups is 1. The lowest BCUT2D eigenvalue weighted by Gasteiger charge is -2.34. The fourth-order valence-corrected chi connectivity index (χ4v) is 3.64. The van der Waals surface area contributed by atoms with Gasteiger partial charge in [0.05, 0.1) is 5.69 Å². The smallest absolute Gasteiger partial charge is 0.292 e. The molecule has 0 spiro atoms. The van der Waals surface area contributed by atoms with Gasteiger partial charge in [-0.25, -0.2) is 4.39 Å². The van der Waals surface area contributed by atoms with Crippen LogP contribution in [0.3, 0.4) is 0 Å². The molecule has 6 heteroatoms. The SMILES string of the molecule is CCc1cc(C(=O)N2CCCN(Cc3ccc(F)cc3)[C@@H](C(C)C)C2)on1. The zero-order valence-corrected chi connectivity index (χ0v) is 16.3. The summed E-state index contributed by atoms with van der Waals surface area (Å²) in [6.07, 6.45) is 1.64. The van der Waals surface area contributed by atoms with Crippen LogP contribution in [0, 0.1) is 11.7 Å². The first-order valence-corrected chi connectivity index (χ1v) is 9.71. The zero-order chi connectivity index (χ0) is 19.4. The van der Waals surface area contributed by atoms with Crippen molar-refractivity contribution in [1.29, 1.82) is 0 Å². The molecule has 0 bridgehead atoms. The maximum Gasteiger partial charge on any atom is 0.292 e. The summed E-state index contributed by atoms with van der Waals surface area (Å²) in [5, 5.41) is 3.94. The summed E-state index contributed by atoms with van der Waals surface area (Å²) in [6.45, 7) is 9.36. The Bertz CT molecular complexity index is 757. The van der Waals surface area contributed by atoms with Crippen LogP contribution in [0.5, 0.6) is 0 Å². The van der Waals surface area contributed by atoms with Crippen molar-refractivity contribution < 1.29 is 13.7 Å². The van der Waals surface area contributed by atoms with E-state index >= 15 is 0 Å². The Kier molecular flexibility index (Phi) is 6.26. The van der Waals surface area contributed by atoms with E-state index in [0.717, 1.165) is 37.2 Å². The van der Waals surface area contributed by atoms with Crippen LogP contribution in [0.4, 0.5) is 4.39 Å². The number of nitrogens with zero attached hydrogens (tertiary/aromatic N) is 3. The number of benzene rings is 1. The van der Waals surface area contributed by atoms with Crippen molar-refractivity contribution in [2.24, 2.45) is 5.92 Å². The van der Waals surface area contributed by atoms with Crippen LogP contribution >= 0.6 is 0 Å². The monoisotopic (exact) mass is 373 g/mol. The minimum atomic E-state index is -0.217. The molecule has 0 unspecified atom stereocenters. The number of aromatic nitrogens is 1. The normalized spacial score (nSPS) is 18.7. The van der Waals surface area contributed by atoms with Crippen molar-refractivity contribution in [2.45, 2.75) is 46.2 Å². The van der Waals surface area contributed by atoms with E-state index in [1.165, 1.54) is 12.1 Å². The lowest BCUT2D eigenvalue weighted by molar-refractivity contribution is 0.0662. The van der Waals surface area contributed by atoms with Gasteiger partial charge in [-0.2, -0.15) is 0 Å². The molecule has 2 aromatic rings. The number of amides is 1. The van der Waals surface area contributed by atoms with E-state index in [1.807, 2.05) is 24.0 Å². The van der Waals surface area contributed by atoms with Gasteiger partial charge in [-0.1, -0.05) is 38.1 Å². The van der Waals surface area contributed by atoms with Crippen LogP contribution in [0.15, 0.2) is 34.9 Å². The number of aryl methyl sites for hydroxylation is 1. The van der Waals surface area contributed by atoms with Crippen LogP contribution < -0.4 is 0 Å². The van der Waals surface area contributed by atoms with Crippen LogP contribution in [-0.4, -0.2) is 46.5 Å². The molecule has 1 aromatic heterocycles. The van der Waals surface area contributed by atoms with Crippen LogP contribution in [0.2, 0.25) is 0 Å². The molecular weight excluding hydrogens is 345 g/mol. The molecule has 2 heterocycles. The van der Waals surface area contributed by atoms with Gasteiger partial charge in [0, 0.05) is 38.3 Å². The summed E-state index contributed by atoms with van der Waals surface area (Å²) < 4.78 is 18.4. The number of hydrogen-bond donors (Lipinski definition) is 0. The average Bonchev–Trinajstić information content (AvgIpc) is 3.04. The van der Waals surface area contributed by atoms with Crippen molar-refractivity contribution in [3.63, 3.8) is 0 Å². The number of hydrogen-bond acceptors (Lipinski definition) is 4. The van der Waals surface area contributed by atoms with Gasteiger partial charge >= 0.3 is 0 Å². The molecule has 5 nitrogen and oxygen atoms in total. The van der Waals surface area contributed by atoms with Gasteiger partial charge in [0.25, 0.3) is 5.91 Å². The van der Waals surface area contributed by atoms with Gasteiger partial charge in [-0.3, -0.25) is 9.69 Å².